The zero-order valence-corrected chi connectivity index (χ0v) is 10.8. The molecule has 0 atom stereocenters. The van der Waals surface area contributed by atoms with Crippen molar-refractivity contribution in [2.45, 2.75) is 0 Å². The zero-order chi connectivity index (χ0) is 10.0. The molecule has 0 aromatic heterocycles. The summed E-state index contributed by atoms with van der Waals surface area (Å²) in [4.78, 5) is 10.3. The number of thioether (sulfide) groups is 1. The first-order valence-electron chi connectivity index (χ1n) is 3.06. The Morgan fingerprint density at radius 2 is 1.92 bits per heavy atom. The Balaban J connectivity index is 0. The molecule has 0 heterocycles. The van der Waals surface area contributed by atoms with Crippen LogP contribution in [0, 0.1) is 0 Å². The van der Waals surface area contributed by atoms with E-state index in [1.165, 1.54) is 20.0 Å². The summed E-state index contributed by atoms with van der Waals surface area (Å²) in [6.45, 7) is -3.07. The maximum absolute atomic E-state index is 10.3. The molecule has 3 nitrogen and oxygen atoms in total. The highest BCUT2D eigenvalue weighted by Crippen LogP contribution is 2.35. The SMILES string of the molecule is COP([O-])(=S)OC.CSCCS. The molecule has 12 heavy (non-hydrogen) atoms. The van der Waals surface area contributed by atoms with Crippen molar-refractivity contribution in [2.24, 2.45) is 0 Å². The van der Waals surface area contributed by atoms with E-state index in [2.05, 4.69) is 39.7 Å². The number of thiol groups is 1. The molecule has 0 aliphatic carbocycles. The van der Waals surface area contributed by atoms with Crippen LogP contribution < -0.4 is 4.89 Å². The van der Waals surface area contributed by atoms with Gasteiger partial charge in [0.05, 0.1) is 0 Å². The Kier molecular flexibility index (Phi) is 13.5. The van der Waals surface area contributed by atoms with E-state index in [0.29, 0.717) is 0 Å². The Morgan fingerprint density at radius 3 is 1.92 bits per heavy atom. The molecule has 7 heteroatoms. The highest BCUT2D eigenvalue weighted by atomic mass is 32.5. The lowest BCUT2D eigenvalue weighted by Gasteiger charge is -2.21. The smallest absolute Gasteiger partial charge is 0.114 e. The van der Waals surface area contributed by atoms with Gasteiger partial charge in [-0.05, 0) is 12.0 Å². The fraction of sp³-hybridized carbons (Fsp3) is 1.00. The molecule has 0 N–H and O–H groups in total. The lowest BCUT2D eigenvalue weighted by molar-refractivity contribution is -0.201. The molecule has 0 aliphatic rings. The van der Waals surface area contributed by atoms with Crippen LogP contribution in [0.5, 0.6) is 0 Å². The summed E-state index contributed by atoms with van der Waals surface area (Å²) in [5.41, 5.74) is 0. The molecule has 0 saturated carbocycles. The Morgan fingerprint density at radius 1 is 1.50 bits per heavy atom. The number of hydrogen-bond donors (Lipinski definition) is 1. The van der Waals surface area contributed by atoms with Crippen LogP contribution in [-0.4, -0.2) is 32.0 Å². The van der Waals surface area contributed by atoms with Crippen LogP contribution in [0.25, 0.3) is 0 Å². The summed E-state index contributed by atoms with van der Waals surface area (Å²) in [6, 6.07) is 0. The first kappa shape index (κ1) is 15.7. The average molecular weight is 249 g/mol. The van der Waals surface area contributed by atoms with Crippen molar-refractivity contribution in [3.63, 3.8) is 0 Å². The molecule has 0 radical (unpaired) electrons. The van der Waals surface area contributed by atoms with Crippen molar-refractivity contribution >= 4 is 42.9 Å². The molecule has 76 valence electrons. The second-order valence-corrected chi connectivity index (χ2v) is 5.93. The van der Waals surface area contributed by atoms with E-state index >= 15 is 0 Å². The van der Waals surface area contributed by atoms with E-state index in [4.69, 9.17) is 0 Å². The minimum Gasteiger partial charge on any atom is -0.780 e. The van der Waals surface area contributed by atoms with E-state index in [-0.39, 0.29) is 0 Å². The predicted octanol–water partition coefficient (Wildman–Crippen LogP) is 1.14. The third-order valence-electron chi connectivity index (χ3n) is 0.743. The average Bonchev–Trinajstić information content (AvgIpc) is 2.07. The van der Waals surface area contributed by atoms with Crippen molar-refractivity contribution in [1.82, 2.24) is 0 Å². The monoisotopic (exact) mass is 249 g/mol. The maximum Gasteiger partial charge on any atom is 0.114 e. The van der Waals surface area contributed by atoms with Gasteiger partial charge in [0.15, 0.2) is 0 Å². The van der Waals surface area contributed by atoms with Crippen molar-refractivity contribution in [1.29, 1.82) is 0 Å². The van der Waals surface area contributed by atoms with Gasteiger partial charge in [-0.3, -0.25) is 0 Å². The van der Waals surface area contributed by atoms with Gasteiger partial charge in [-0.1, -0.05) is 11.8 Å². The van der Waals surface area contributed by atoms with Gasteiger partial charge in [-0.25, -0.2) is 0 Å². The first-order chi connectivity index (χ1) is 5.54. The van der Waals surface area contributed by atoms with Crippen LogP contribution in [0.3, 0.4) is 0 Å². The molecular formula is C5H14O3PS3-. The second kappa shape index (κ2) is 10.3. The number of hydrogen-bond acceptors (Lipinski definition) is 6. The van der Waals surface area contributed by atoms with Gasteiger partial charge in [0.25, 0.3) is 0 Å². The maximum atomic E-state index is 10.3. The fourth-order valence-electron chi connectivity index (χ4n) is 0.166. The van der Waals surface area contributed by atoms with E-state index in [9.17, 15) is 4.89 Å². The Labute approximate surface area is 88.9 Å². The molecule has 0 rings (SSSR count). The predicted molar refractivity (Wildman–Crippen MR) is 60.5 cm³/mol. The minimum absolute atomic E-state index is 1.00. The van der Waals surface area contributed by atoms with E-state index in [1.807, 2.05) is 11.8 Å². The molecular weight excluding hydrogens is 235 g/mol. The quantitative estimate of drug-likeness (QED) is 0.598. The largest absolute Gasteiger partial charge is 0.780 e. The van der Waals surface area contributed by atoms with Crippen LogP contribution in [0.1, 0.15) is 0 Å². The van der Waals surface area contributed by atoms with Crippen LogP contribution >= 0.6 is 31.1 Å². The highest BCUT2D eigenvalue weighted by molar-refractivity contribution is 8.06. The van der Waals surface area contributed by atoms with Gasteiger partial charge in [0.1, 0.15) is 6.72 Å². The van der Waals surface area contributed by atoms with Gasteiger partial charge in [0.2, 0.25) is 0 Å². The van der Waals surface area contributed by atoms with Crippen molar-refractivity contribution in [2.75, 3.05) is 32.0 Å². The molecule has 0 saturated heterocycles. The second-order valence-electron chi connectivity index (χ2n) is 1.53. The molecule has 0 aromatic rings. The summed E-state index contributed by atoms with van der Waals surface area (Å²) >= 11 is 10.1. The van der Waals surface area contributed by atoms with Crippen LogP contribution in [0.4, 0.5) is 0 Å². The molecule has 0 bridgehead atoms. The van der Waals surface area contributed by atoms with E-state index in [0.717, 1.165) is 5.75 Å². The third-order valence-corrected chi connectivity index (χ3v) is 3.67. The van der Waals surface area contributed by atoms with Crippen LogP contribution in [0.2, 0.25) is 0 Å². The lowest BCUT2D eigenvalue weighted by atomic mass is 11.0. The molecule has 0 fully saturated rings. The Bertz CT molecular complexity index is 123. The molecule has 0 unspecified atom stereocenters. The lowest BCUT2D eigenvalue weighted by Crippen LogP contribution is -2.02. The van der Waals surface area contributed by atoms with Crippen molar-refractivity contribution in [3.05, 3.63) is 0 Å². The topological polar surface area (TPSA) is 41.5 Å². The van der Waals surface area contributed by atoms with Crippen molar-refractivity contribution in [3.8, 4) is 0 Å². The normalized spacial score (nSPS) is 10.4. The van der Waals surface area contributed by atoms with E-state index in [1.54, 1.807) is 0 Å². The molecule has 0 spiro atoms. The minimum atomic E-state index is -3.07. The third kappa shape index (κ3) is 13.8. The Hall–Kier alpha value is 1.23. The molecule has 0 aliphatic heterocycles. The van der Waals surface area contributed by atoms with Crippen LogP contribution in [-0.2, 0) is 20.9 Å². The first-order valence-corrected chi connectivity index (χ1v) is 7.64. The standard InChI is InChI=1S/C3H8S2.C2H7O3PS/c1-5-3-2-4;1-4-6(3,7)5-2/h4H,2-3H2,1H3;1-2H3,(H,3,7)/p-1. The fourth-order valence-corrected chi connectivity index (χ4v) is 1.05. The summed E-state index contributed by atoms with van der Waals surface area (Å²) in [7, 11) is 2.49. The van der Waals surface area contributed by atoms with Crippen molar-refractivity contribution < 1.29 is 13.9 Å². The summed E-state index contributed by atoms with van der Waals surface area (Å²) in [5.74, 6) is 2.17. The summed E-state index contributed by atoms with van der Waals surface area (Å²) < 4.78 is 8.47. The van der Waals surface area contributed by atoms with Crippen LogP contribution in [0.15, 0.2) is 0 Å². The van der Waals surface area contributed by atoms with Gasteiger partial charge >= 0.3 is 0 Å². The summed E-state index contributed by atoms with van der Waals surface area (Å²) in [5, 5.41) is 0. The van der Waals surface area contributed by atoms with Gasteiger partial charge in [0, 0.05) is 20.0 Å². The van der Waals surface area contributed by atoms with Gasteiger partial charge in [-0.2, -0.15) is 24.4 Å². The summed E-state index contributed by atoms with van der Waals surface area (Å²) in [6.07, 6.45) is 2.08. The number of rotatable bonds is 4. The molecule has 0 amide bonds. The van der Waals surface area contributed by atoms with E-state index < -0.39 is 6.72 Å². The zero-order valence-electron chi connectivity index (χ0n) is 7.35. The van der Waals surface area contributed by atoms with Gasteiger partial charge in [-0.15, -0.1) is 0 Å². The van der Waals surface area contributed by atoms with Gasteiger partial charge < -0.3 is 13.9 Å². The molecule has 0 aromatic carbocycles. The highest BCUT2D eigenvalue weighted by Gasteiger charge is 1.91.